The number of anilines is 2. The van der Waals surface area contributed by atoms with Gasteiger partial charge in [0, 0.05) is 11.8 Å². The number of nitrogens with one attached hydrogen (secondary N) is 1. The average Bonchev–Trinajstić information content (AvgIpc) is 2.40. The van der Waals surface area contributed by atoms with E-state index in [1.165, 1.54) is 6.07 Å². The van der Waals surface area contributed by atoms with Crippen LogP contribution >= 0.6 is 0 Å². The van der Waals surface area contributed by atoms with Crippen LogP contribution in [0.4, 0.5) is 11.6 Å². The first kappa shape index (κ1) is 10.6. The van der Waals surface area contributed by atoms with Crippen LogP contribution < -0.4 is 10.7 Å². The Kier molecular flexibility index (Phi) is 2.57. The zero-order valence-corrected chi connectivity index (χ0v) is 9.59. The second-order valence-electron chi connectivity index (χ2n) is 3.96. The van der Waals surface area contributed by atoms with Crippen molar-refractivity contribution in [2.45, 2.75) is 0 Å². The molecule has 0 amide bonds. The molecule has 0 bridgehead atoms. The molecule has 1 aromatic heterocycles. The molecule has 3 aromatic rings. The van der Waals surface area contributed by atoms with E-state index < -0.39 is 0 Å². The van der Waals surface area contributed by atoms with E-state index in [4.69, 9.17) is 4.42 Å². The minimum atomic E-state index is -0.0460. The van der Waals surface area contributed by atoms with Crippen molar-refractivity contribution in [1.29, 1.82) is 0 Å². The lowest BCUT2D eigenvalue weighted by Gasteiger charge is -2.05. The number of rotatable bonds is 2. The Morgan fingerprint density at radius 2 is 1.61 bits per heavy atom. The molecule has 0 unspecified atom stereocenters. The highest BCUT2D eigenvalue weighted by molar-refractivity contribution is 5.77. The summed E-state index contributed by atoms with van der Waals surface area (Å²) in [5.41, 5.74) is 1.43. The van der Waals surface area contributed by atoms with Gasteiger partial charge >= 0.3 is 0 Å². The highest BCUT2D eigenvalue weighted by Crippen LogP contribution is 2.19. The predicted octanol–water partition coefficient (Wildman–Crippen LogP) is 3.54. The molecule has 0 fully saturated rings. The Balaban J connectivity index is 2.06. The number of benzene rings is 2. The lowest BCUT2D eigenvalue weighted by molar-refractivity contribution is 0.622. The highest BCUT2D eigenvalue weighted by atomic mass is 16.3. The van der Waals surface area contributed by atoms with E-state index >= 15 is 0 Å². The summed E-state index contributed by atoms with van der Waals surface area (Å²) in [6.45, 7) is 0. The maximum absolute atomic E-state index is 11.9. The van der Waals surface area contributed by atoms with Crippen LogP contribution in [0.25, 0.3) is 11.0 Å². The van der Waals surface area contributed by atoms with E-state index in [-0.39, 0.29) is 5.43 Å². The fourth-order valence-electron chi connectivity index (χ4n) is 1.83. The van der Waals surface area contributed by atoms with Gasteiger partial charge in [-0.25, -0.2) is 0 Å². The van der Waals surface area contributed by atoms with E-state index in [0.717, 1.165) is 5.69 Å². The third kappa shape index (κ3) is 1.98. The van der Waals surface area contributed by atoms with Gasteiger partial charge in [0.25, 0.3) is 0 Å². The molecular formula is C15H11NO2. The molecule has 1 N–H and O–H groups in total. The standard InChI is InChI=1S/C15H11NO2/c17-13-10-15(16-11-6-2-1-3-7-11)18-14-9-5-4-8-12(13)14/h1-10,16H. The van der Waals surface area contributed by atoms with E-state index in [1.807, 2.05) is 42.5 Å². The molecule has 0 aliphatic heterocycles. The molecule has 1 heterocycles. The van der Waals surface area contributed by atoms with Crippen molar-refractivity contribution < 1.29 is 4.42 Å². The maximum Gasteiger partial charge on any atom is 0.201 e. The second kappa shape index (κ2) is 4.37. The first-order chi connectivity index (χ1) is 8.83. The molecule has 3 rings (SSSR count). The van der Waals surface area contributed by atoms with Gasteiger partial charge in [-0.05, 0) is 24.3 Å². The molecule has 3 heteroatoms. The zero-order chi connectivity index (χ0) is 12.4. The monoisotopic (exact) mass is 237 g/mol. The van der Waals surface area contributed by atoms with Crippen LogP contribution in [-0.2, 0) is 0 Å². The quantitative estimate of drug-likeness (QED) is 0.741. The molecule has 0 saturated heterocycles. The number of fused-ring (bicyclic) bond motifs is 1. The van der Waals surface area contributed by atoms with Gasteiger partial charge < -0.3 is 9.73 Å². The van der Waals surface area contributed by atoms with E-state index in [1.54, 1.807) is 12.1 Å². The second-order valence-corrected chi connectivity index (χ2v) is 3.96. The minimum absolute atomic E-state index is 0.0460. The van der Waals surface area contributed by atoms with E-state index in [9.17, 15) is 4.79 Å². The predicted molar refractivity (Wildman–Crippen MR) is 72.2 cm³/mol. The topological polar surface area (TPSA) is 42.2 Å². The van der Waals surface area contributed by atoms with E-state index in [2.05, 4.69) is 5.32 Å². The smallest absolute Gasteiger partial charge is 0.201 e. The van der Waals surface area contributed by atoms with Gasteiger partial charge in [0.15, 0.2) is 5.43 Å². The first-order valence-corrected chi connectivity index (χ1v) is 5.68. The summed E-state index contributed by atoms with van der Waals surface area (Å²) in [7, 11) is 0. The van der Waals surface area contributed by atoms with Crippen molar-refractivity contribution in [1.82, 2.24) is 0 Å². The lowest BCUT2D eigenvalue weighted by atomic mass is 10.2. The highest BCUT2D eigenvalue weighted by Gasteiger charge is 2.03. The lowest BCUT2D eigenvalue weighted by Crippen LogP contribution is -2.01. The molecule has 88 valence electrons. The van der Waals surface area contributed by atoms with Crippen LogP contribution in [0.15, 0.2) is 69.9 Å². The van der Waals surface area contributed by atoms with Crippen molar-refractivity contribution in [2.75, 3.05) is 5.32 Å². The zero-order valence-electron chi connectivity index (χ0n) is 9.59. The van der Waals surface area contributed by atoms with Crippen LogP contribution in [0, 0.1) is 0 Å². The maximum atomic E-state index is 11.9. The minimum Gasteiger partial charge on any atom is -0.440 e. The molecule has 0 aliphatic rings. The Morgan fingerprint density at radius 3 is 2.44 bits per heavy atom. The summed E-state index contributed by atoms with van der Waals surface area (Å²) in [4.78, 5) is 11.9. The molecule has 0 atom stereocenters. The van der Waals surface area contributed by atoms with Crippen LogP contribution in [0.2, 0.25) is 0 Å². The summed E-state index contributed by atoms with van der Waals surface area (Å²) in [5.74, 6) is 0.449. The Morgan fingerprint density at radius 1 is 0.889 bits per heavy atom. The van der Waals surface area contributed by atoms with Crippen molar-refractivity contribution in [2.24, 2.45) is 0 Å². The summed E-state index contributed by atoms with van der Waals surface area (Å²) >= 11 is 0. The van der Waals surface area contributed by atoms with Gasteiger partial charge in [-0.3, -0.25) is 4.79 Å². The van der Waals surface area contributed by atoms with Crippen molar-refractivity contribution >= 4 is 22.5 Å². The summed E-state index contributed by atoms with van der Waals surface area (Å²) < 4.78 is 5.64. The van der Waals surface area contributed by atoms with Gasteiger partial charge in [-0.1, -0.05) is 30.3 Å². The largest absolute Gasteiger partial charge is 0.440 e. The Hall–Kier alpha value is -2.55. The molecule has 0 saturated carbocycles. The fourth-order valence-corrected chi connectivity index (χ4v) is 1.83. The van der Waals surface area contributed by atoms with Gasteiger partial charge in [-0.15, -0.1) is 0 Å². The van der Waals surface area contributed by atoms with Crippen LogP contribution in [-0.4, -0.2) is 0 Å². The fraction of sp³-hybridized carbons (Fsp3) is 0. The summed E-state index contributed by atoms with van der Waals surface area (Å²) in [6.07, 6.45) is 0. The molecular weight excluding hydrogens is 226 g/mol. The SMILES string of the molecule is O=c1cc(Nc2ccccc2)oc2ccccc12. The van der Waals surface area contributed by atoms with Gasteiger partial charge in [0.2, 0.25) is 5.88 Å². The number of para-hydroxylation sites is 2. The third-order valence-corrected chi connectivity index (χ3v) is 2.68. The summed E-state index contributed by atoms with van der Waals surface area (Å²) in [6, 6.07) is 18.3. The van der Waals surface area contributed by atoms with Crippen LogP contribution in [0.1, 0.15) is 0 Å². The van der Waals surface area contributed by atoms with Gasteiger partial charge in [0.05, 0.1) is 5.39 Å². The first-order valence-electron chi connectivity index (χ1n) is 5.68. The van der Waals surface area contributed by atoms with Crippen LogP contribution in [0.3, 0.4) is 0 Å². The number of hydrogen-bond donors (Lipinski definition) is 1. The Bertz CT molecular complexity index is 732. The van der Waals surface area contributed by atoms with Gasteiger partial charge in [-0.2, -0.15) is 0 Å². The molecule has 0 aliphatic carbocycles. The van der Waals surface area contributed by atoms with Crippen molar-refractivity contribution in [3.8, 4) is 0 Å². The molecule has 18 heavy (non-hydrogen) atoms. The molecule has 0 spiro atoms. The van der Waals surface area contributed by atoms with E-state index in [0.29, 0.717) is 16.9 Å². The molecule has 0 radical (unpaired) electrons. The van der Waals surface area contributed by atoms with Crippen LogP contribution in [0.5, 0.6) is 0 Å². The molecule has 2 aromatic carbocycles. The van der Waals surface area contributed by atoms with Crippen molar-refractivity contribution in [3.63, 3.8) is 0 Å². The normalized spacial score (nSPS) is 10.4. The van der Waals surface area contributed by atoms with Gasteiger partial charge in [0.1, 0.15) is 5.58 Å². The average molecular weight is 237 g/mol. The summed E-state index contributed by atoms with van der Waals surface area (Å²) in [5, 5.41) is 3.66. The Labute approximate surface area is 104 Å². The third-order valence-electron chi connectivity index (χ3n) is 2.68. The molecule has 3 nitrogen and oxygen atoms in total. The van der Waals surface area contributed by atoms with Crippen molar-refractivity contribution in [3.05, 3.63) is 70.9 Å². The number of hydrogen-bond acceptors (Lipinski definition) is 3.